The van der Waals surface area contributed by atoms with Crippen molar-refractivity contribution in [3.8, 4) is 0 Å². The summed E-state index contributed by atoms with van der Waals surface area (Å²) in [6, 6.07) is 3.79. The number of carbonyl (C=O) groups is 1. The van der Waals surface area contributed by atoms with Gasteiger partial charge < -0.3 is 10.1 Å². The minimum atomic E-state index is -0.839. The van der Waals surface area contributed by atoms with Gasteiger partial charge in [0.2, 0.25) is 0 Å². The lowest BCUT2D eigenvalue weighted by Crippen LogP contribution is -1.98. The van der Waals surface area contributed by atoms with Gasteiger partial charge in [0.05, 0.1) is 17.0 Å². The maximum Gasteiger partial charge on any atom is 0.307 e. The summed E-state index contributed by atoms with van der Waals surface area (Å²) in [5.41, 5.74) is 2.60. The van der Waals surface area contributed by atoms with Gasteiger partial charge in [-0.15, -0.1) is 0 Å². The summed E-state index contributed by atoms with van der Waals surface area (Å²) >= 11 is 6.03. The fourth-order valence-corrected chi connectivity index (χ4v) is 2.02. The Morgan fingerprint density at radius 3 is 2.93 bits per heavy atom. The molecule has 15 heavy (non-hydrogen) atoms. The van der Waals surface area contributed by atoms with Crippen molar-refractivity contribution in [2.45, 2.75) is 13.3 Å². The van der Waals surface area contributed by atoms with E-state index >= 15 is 0 Å². The van der Waals surface area contributed by atoms with E-state index in [-0.39, 0.29) is 6.42 Å². The van der Waals surface area contributed by atoms with Crippen LogP contribution in [0.25, 0.3) is 10.9 Å². The van der Waals surface area contributed by atoms with Crippen molar-refractivity contribution < 1.29 is 9.90 Å². The number of nitrogens with one attached hydrogen (secondary N) is 1. The maximum atomic E-state index is 10.6. The van der Waals surface area contributed by atoms with Crippen LogP contribution in [0, 0.1) is 6.92 Å². The minimum Gasteiger partial charge on any atom is -0.481 e. The molecule has 2 rings (SSSR count). The first-order chi connectivity index (χ1) is 7.08. The third-order valence-corrected chi connectivity index (χ3v) is 2.61. The molecule has 0 fully saturated rings. The first-order valence-electron chi connectivity index (χ1n) is 4.56. The highest BCUT2D eigenvalue weighted by Gasteiger charge is 2.10. The quantitative estimate of drug-likeness (QED) is 0.823. The van der Waals surface area contributed by atoms with E-state index in [1.807, 2.05) is 19.1 Å². The zero-order valence-electron chi connectivity index (χ0n) is 8.17. The smallest absolute Gasteiger partial charge is 0.307 e. The number of hydrogen-bond acceptors (Lipinski definition) is 1. The molecule has 0 atom stereocenters. The summed E-state index contributed by atoms with van der Waals surface area (Å²) in [5, 5.41) is 10.3. The normalized spacial score (nSPS) is 10.8. The van der Waals surface area contributed by atoms with Gasteiger partial charge in [-0.05, 0) is 30.2 Å². The molecule has 0 radical (unpaired) electrons. The molecular formula is C11H10ClNO2. The van der Waals surface area contributed by atoms with Gasteiger partial charge in [0.15, 0.2) is 0 Å². The third-order valence-electron chi connectivity index (χ3n) is 2.31. The molecule has 0 amide bonds. The summed E-state index contributed by atoms with van der Waals surface area (Å²) in [5.74, 6) is -0.839. The Balaban J connectivity index is 2.63. The van der Waals surface area contributed by atoms with Crippen molar-refractivity contribution in [1.29, 1.82) is 0 Å². The van der Waals surface area contributed by atoms with Crippen LogP contribution < -0.4 is 0 Å². The van der Waals surface area contributed by atoms with Crippen LogP contribution in [0.3, 0.4) is 0 Å². The molecule has 4 heteroatoms. The highest BCUT2D eigenvalue weighted by molar-refractivity contribution is 6.35. The summed E-state index contributed by atoms with van der Waals surface area (Å²) in [6.45, 7) is 1.93. The molecule has 0 aliphatic rings. The molecule has 3 nitrogen and oxygen atoms in total. The van der Waals surface area contributed by atoms with Gasteiger partial charge in [-0.25, -0.2) is 0 Å². The number of fused-ring (bicyclic) bond motifs is 1. The van der Waals surface area contributed by atoms with E-state index in [0.29, 0.717) is 5.02 Å². The fraction of sp³-hybridized carbons (Fsp3) is 0.182. The molecule has 0 saturated heterocycles. The van der Waals surface area contributed by atoms with Crippen LogP contribution in [0.15, 0.2) is 18.3 Å². The zero-order chi connectivity index (χ0) is 11.0. The average molecular weight is 224 g/mol. The Morgan fingerprint density at radius 1 is 1.53 bits per heavy atom. The highest BCUT2D eigenvalue weighted by Crippen LogP contribution is 2.27. The molecule has 0 spiro atoms. The second kappa shape index (κ2) is 3.59. The van der Waals surface area contributed by atoms with Crippen molar-refractivity contribution in [1.82, 2.24) is 4.98 Å². The van der Waals surface area contributed by atoms with Crippen LogP contribution in [-0.2, 0) is 11.2 Å². The topological polar surface area (TPSA) is 53.1 Å². The van der Waals surface area contributed by atoms with E-state index in [4.69, 9.17) is 16.7 Å². The number of H-pyrrole nitrogens is 1. The lowest BCUT2D eigenvalue weighted by Gasteiger charge is -1.99. The van der Waals surface area contributed by atoms with E-state index in [2.05, 4.69) is 4.98 Å². The highest BCUT2D eigenvalue weighted by atomic mass is 35.5. The van der Waals surface area contributed by atoms with Crippen LogP contribution >= 0.6 is 11.6 Å². The van der Waals surface area contributed by atoms with Gasteiger partial charge >= 0.3 is 5.97 Å². The Kier molecular flexibility index (Phi) is 2.40. The van der Waals surface area contributed by atoms with Crippen LogP contribution in [0.2, 0.25) is 5.02 Å². The molecule has 1 heterocycles. The lowest BCUT2D eigenvalue weighted by atomic mass is 10.1. The Bertz CT molecular complexity index is 531. The monoisotopic (exact) mass is 223 g/mol. The van der Waals surface area contributed by atoms with Gasteiger partial charge in [-0.3, -0.25) is 4.79 Å². The van der Waals surface area contributed by atoms with E-state index < -0.39 is 5.97 Å². The number of aromatic nitrogens is 1. The zero-order valence-corrected chi connectivity index (χ0v) is 8.93. The van der Waals surface area contributed by atoms with Crippen molar-refractivity contribution >= 4 is 28.5 Å². The number of aliphatic carboxylic acids is 1. The fourth-order valence-electron chi connectivity index (χ4n) is 1.69. The van der Waals surface area contributed by atoms with E-state index in [1.54, 1.807) is 6.20 Å². The number of carboxylic acids is 1. The first-order valence-corrected chi connectivity index (χ1v) is 4.93. The van der Waals surface area contributed by atoms with Gasteiger partial charge in [-0.1, -0.05) is 11.6 Å². The molecule has 0 aliphatic carbocycles. The third kappa shape index (κ3) is 1.83. The van der Waals surface area contributed by atoms with Crippen molar-refractivity contribution in [3.05, 3.63) is 34.5 Å². The van der Waals surface area contributed by atoms with E-state index in [0.717, 1.165) is 22.0 Å². The van der Waals surface area contributed by atoms with Crippen molar-refractivity contribution in [2.24, 2.45) is 0 Å². The number of hydrogen-bond donors (Lipinski definition) is 2. The van der Waals surface area contributed by atoms with Crippen molar-refractivity contribution in [3.63, 3.8) is 0 Å². The Labute approximate surface area is 91.7 Å². The number of halogens is 1. The standard InChI is InChI=1S/C11H10ClNO2/c1-6-2-8-7(4-10(14)15)5-13-11(8)9(12)3-6/h2-3,5,13H,4H2,1H3,(H,14,15). The van der Waals surface area contributed by atoms with E-state index in [1.165, 1.54) is 0 Å². The summed E-state index contributed by atoms with van der Waals surface area (Å²) in [4.78, 5) is 13.6. The minimum absolute atomic E-state index is 0.0137. The number of rotatable bonds is 2. The largest absolute Gasteiger partial charge is 0.481 e. The molecule has 1 aromatic carbocycles. The number of aryl methyl sites for hydroxylation is 1. The number of benzene rings is 1. The van der Waals surface area contributed by atoms with Crippen LogP contribution in [0.5, 0.6) is 0 Å². The van der Waals surface area contributed by atoms with Gasteiger partial charge in [-0.2, -0.15) is 0 Å². The number of carboxylic acid groups (broad SMARTS) is 1. The molecule has 1 aromatic heterocycles. The van der Waals surface area contributed by atoms with Gasteiger partial charge in [0.1, 0.15) is 0 Å². The predicted molar refractivity (Wildman–Crippen MR) is 59.4 cm³/mol. The van der Waals surface area contributed by atoms with Crippen LogP contribution in [0.4, 0.5) is 0 Å². The summed E-state index contributed by atoms with van der Waals surface area (Å²) in [6.07, 6.45) is 1.71. The molecule has 0 saturated carbocycles. The lowest BCUT2D eigenvalue weighted by molar-refractivity contribution is -0.136. The van der Waals surface area contributed by atoms with Gasteiger partial charge in [0.25, 0.3) is 0 Å². The van der Waals surface area contributed by atoms with Crippen LogP contribution in [0.1, 0.15) is 11.1 Å². The second-order valence-corrected chi connectivity index (χ2v) is 3.96. The number of aromatic amines is 1. The molecule has 0 aliphatic heterocycles. The predicted octanol–water partition coefficient (Wildman–Crippen LogP) is 2.76. The van der Waals surface area contributed by atoms with Crippen LogP contribution in [-0.4, -0.2) is 16.1 Å². The molecule has 0 bridgehead atoms. The molecule has 0 unspecified atom stereocenters. The molecule has 78 valence electrons. The Morgan fingerprint density at radius 2 is 2.27 bits per heavy atom. The van der Waals surface area contributed by atoms with E-state index in [9.17, 15) is 4.79 Å². The average Bonchev–Trinajstić information content (AvgIpc) is 2.48. The van der Waals surface area contributed by atoms with Crippen molar-refractivity contribution in [2.75, 3.05) is 0 Å². The molecule has 2 N–H and O–H groups in total. The SMILES string of the molecule is Cc1cc(Cl)c2[nH]cc(CC(=O)O)c2c1. The van der Waals surface area contributed by atoms with Gasteiger partial charge in [0, 0.05) is 11.6 Å². The Hall–Kier alpha value is -1.48. The summed E-state index contributed by atoms with van der Waals surface area (Å²) in [7, 11) is 0. The second-order valence-electron chi connectivity index (χ2n) is 3.55. The molecule has 2 aromatic rings. The maximum absolute atomic E-state index is 10.6. The first kappa shape index (κ1) is 10.1. The molecular weight excluding hydrogens is 214 g/mol. The summed E-state index contributed by atoms with van der Waals surface area (Å²) < 4.78 is 0.